The highest BCUT2D eigenvalue weighted by atomic mass is 32.1. The van der Waals surface area contributed by atoms with Gasteiger partial charge in [0, 0.05) is 17.5 Å². The molecule has 188 valence electrons. The second-order valence-electron chi connectivity index (χ2n) is 8.75. The van der Waals surface area contributed by atoms with Crippen molar-refractivity contribution in [2.75, 3.05) is 12.1 Å². The molecule has 1 atom stereocenters. The smallest absolute Gasteiger partial charge is 0.251 e. The molecule has 2 N–H and O–H groups in total. The van der Waals surface area contributed by atoms with Crippen molar-refractivity contribution in [1.29, 1.82) is 0 Å². The van der Waals surface area contributed by atoms with Gasteiger partial charge in [0.25, 0.3) is 5.91 Å². The topological polar surface area (TPSA) is 102 Å². The summed E-state index contributed by atoms with van der Waals surface area (Å²) in [5, 5.41) is 17.0. The van der Waals surface area contributed by atoms with Crippen molar-refractivity contribution in [2.24, 2.45) is 0 Å². The molecule has 0 unspecified atom stereocenters. The lowest BCUT2D eigenvalue weighted by Crippen LogP contribution is -2.45. The minimum Gasteiger partial charge on any atom is -0.454 e. The largest absolute Gasteiger partial charge is 0.454 e. The molecule has 0 bridgehead atoms. The van der Waals surface area contributed by atoms with Crippen molar-refractivity contribution in [3.8, 4) is 22.1 Å². The Kier molecular flexibility index (Phi) is 6.41. The third-order valence-electron chi connectivity index (χ3n) is 6.19. The molecule has 8 nitrogen and oxygen atoms in total. The molecule has 0 saturated carbocycles. The van der Waals surface area contributed by atoms with E-state index in [1.165, 1.54) is 11.3 Å². The van der Waals surface area contributed by atoms with E-state index < -0.39 is 6.04 Å². The first-order chi connectivity index (χ1) is 18.6. The fourth-order valence-corrected chi connectivity index (χ4v) is 4.99. The highest BCUT2D eigenvalue weighted by molar-refractivity contribution is 7.18. The zero-order valence-corrected chi connectivity index (χ0v) is 20.9. The number of benzene rings is 4. The Morgan fingerprint density at radius 3 is 2.50 bits per heavy atom. The van der Waals surface area contributed by atoms with E-state index >= 15 is 0 Å². The van der Waals surface area contributed by atoms with Crippen LogP contribution in [0.3, 0.4) is 0 Å². The molecule has 38 heavy (non-hydrogen) atoms. The van der Waals surface area contributed by atoms with Crippen molar-refractivity contribution in [3.63, 3.8) is 0 Å². The summed E-state index contributed by atoms with van der Waals surface area (Å²) in [5.41, 5.74) is 2.21. The Morgan fingerprint density at radius 2 is 1.63 bits per heavy atom. The molecule has 0 aliphatic carbocycles. The first-order valence-electron chi connectivity index (χ1n) is 12.0. The Bertz CT molecular complexity index is 1640. The van der Waals surface area contributed by atoms with Gasteiger partial charge in [-0.25, -0.2) is 0 Å². The van der Waals surface area contributed by atoms with Crippen LogP contribution in [0.1, 0.15) is 15.9 Å². The Labute approximate surface area is 222 Å². The number of rotatable bonds is 7. The van der Waals surface area contributed by atoms with E-state index in [-0.39, 0.29) is 18.6 Å². The van der Waals surface area contributed by atoms with Gasteiger partial charge in [0.15, 0.2) is 11.5 Å². The fraction of sp³-hybridized carbons (Fsp3) is 0.103. The average Bonchev–Trinajstić information content (AvgIpc) is 3.62. The molecule has 4 aromatic carbocycles. The fourth-order valence-electron chi connectivity index (χ4n) is 4.24. The number of ether oxygens (including phenoxy) is 2. The maximum Gasteiger partial charge on any atom is 0.251 e. The number of anilines is 1. The van der Waals surface area contributed by atoms with E-state index in [1.54, 1.807) is 6.07 Å². The maximum atomic E-state index is 13.4. The van der Waals surface area contributed by atoms with Gasteiger partial charge in [-0.1, -0.05) is 72.0 Å². The quantitative estimate of drug-likeness (QED) is 0.310. The van der Waals surface area contributed by atoms with Crippen molar-refractivity contribution in [1.82, 2.24) is 15.5 Å². The van der Waals surface area contributed by atoms with E-state index in [2.05, 4.69) is 20.8 Å². The molecule has 0 saturated heterocycles. The summed E-state index contributed by atoms with van der Waals surface area (Å²) in [4.78, 5) is 26.6. The van der Waals surface area contributed by atoms with E-state index in [4.69, 9.17) is 9.47 Å². The molecular formula is C29H22N4O4S. The predicted molar refractivity (Wildman–Crippen MR) is 145 cm³/mol. The molecule has 2 amide bonds. The maximum absolute atomic E-state index is 13.4. The molecule has 0 spiro atoms. The molecule has 1 aliphatic heterocycles. The lowest BCUT2D eigenvalue weighted by atomic mass is 10.0. The highest BCUT2D eigenvalue weighted by Crippen LogP contribution is 2.37. The van der Waals surface area contributed by atoms with Gasteiger partial charge >= 0.3 is 0 Å². The summed E-state index contributed by atoms with van der Waals surface area (Å²) in [6.45, 7) is 0.184. The van der Waals surface area contributed by atoms with Crippen molar-refractivity contribution < 1.29 is 19.1 Å². The van der Waals surface area contributed by atoms with Gasteiger partial charge in [-0.2, -0.15) is 0 Å². The van der Waals surface area contributed by atoms with Crippen LogP contribution in [-0.4, -0.2) is 34.8 Å². The summed E-state index contributed by atoms with van der Waals surface area (Å²) in [5.74, 6) is 0.613. The molecule has 0 fully saturated rings. The first-order valence-corrected chi connectivity index (χ1v) is 12.8. The standard InChI is InChI=1S/C29H22N4O4S/c34-26(21-11-10-19-8-4-5-9-20(19)15-21)30-23(14-18-6-2-1-3-7-18)27(35)31-29-33-32-28(38-29)22-12-13-24-25(16-22)37-17-36-24/h1-13,15-16,23H,14,17H2,(H,30,34)(H,31,33,35)/t23-/m0/s1. The number of nitrogens with one attached hydrogen (secondary N) is 2. The Morgan fingerprint density at radius 1 is 0.842 bits per heavy atom. The van der Waals surface area contributed by atoms with Crippen molar-refractivity contribution >= 4 is 39.1 Å². The number of hydrogen-bond acceptors (Lipinski definition) is 7. The van der Waals surface area contributed by atoms with Crippen LogP contribution in [0.5, 0.6) is 11.5 Å². The molecule has 0 radical (unpaired) electrons. The zero-order chi connectivity index (χ0) is 25.9. The van der Waals surface area contributed by atoms with Gasteiger partial charge in [0.2, 0.25) is 17.8 Å². The lowest BCUT2D eigenvalue weighted by Gasteiger charge is -2.18. The van der Waals surface area contributed by atoms with Crippen LogP contribution in [0.15, 0.2) is 91.0 Å². The summed E-state index contributed by atoms with van der Waals surface area (Å²) in [6, 6.07) is 27.5. The van der Waals surface area contributed by atoms with Gasteiger partial charge in [0.05, 0.1) is 0 Å². The minimum absolute atomic E-state index is 0.184. The third-order valence-corrected chi connectivity index (χ3v) is 7.08. The molecule has 2 heterocycles. The minimum atomic E-state index is -0.825. The van der Waals surface area contributed by atoms with Crippen molar-refractivity contribution in [2.45, 2.75) is 12.5 Å². The molecule has 9 heteroatoms. The number of carbonyl (C=O) groups is 2. The Balaban J connectivity index is 1.21. The van der Waals surface area contributed by atoms with Gasteiger partial charge in [0.1, 0.15) is 11.0 Å². The zero-order valence-electron chi connectivity index (χ0n) is 20.1. The second-order valence-corrected chi connectivity index (χ2v) is 9.72. The van der Waals surface area contributed by atoms with E-state index in [1.807, 2.05) is 84.9 Å². The van der Waals surface area contributed by atoms with Gasteiger partial charge in [-0.15, -0.1) is 10.2 Å². The van der Waals surface area contributed by atoms with E-state index in [9.17, 15) is 9.59 Å². The molecule has 1 aromatic heterocycles. The third kappa shape index (κ3) is 5.05. The summed E-state index contributed by atoms with van der Waals surface area (Å²) < 4.78 is 10.8. The Hall–Kier alpha value is -4.76. The molecule has 5 aromatic rings. The number of aromatic nitrogens is 2. The van der Waals surface area contributed by atoms with Crippen LogP contribution in [0, 0.1) is 0 Å². The van der Waals surface area contributed by atoms with Gasteiger partial charge < -0.3 is 14.8 Å². The summed E-state index contributed by atoms with van der Waals surface area (Å²) in [7, 11) is 0. The predicted octanol–water partition coefficient (Wildman–Crippen LogP) is 5.07. The van der Waals surface area contributed by atoms with E-state index in [0.717, 1.165) is 21.9 Å². The van der Waals surface area contributed by atoms with Gasteiger partial charge in [-0.3, -0.25) is 14.9 Å². The molecule has 6 rings (SSSR count). The number of hydrogen-bond donors (Lipinski definition) is 2. The number of amides is 2. The van der Waals surface area contributed by atoms with Crippen LogP contribution in [0.25, 0.3) is 21.3 Å². The number of fused-ring (bicyclic) bond motifs is 2. The summed E-state index contributed by atoms with van der Waals surface area (Å²) >= 11 is 1.24. The van der Waals surface area contributed by atoms with Crippen LogP contribution in [0.4, 0.5) is 5.13 Å². The monoisotopic (exact) mass is 522 g/mol. The normalized spacial score (nSPS) is 12.7. The van der Waals surface area contributed by atoms with E-state index in [0.29, 0.717) is 33.6 Å². The number of carbonyl (C=O) groups excluding carboxylic acids is 2. The van der Waals surface area contributed by atoms with Gasteiger partial charge in [-0.05, 0) is 46.7 Å². The highest BCUT2D eigenvalue weighted by Gasteiger charge is 2.24. The second kappa shape index (κ2) is 10.3. The van der Waals surface area contributed by atoms with Crippen LogP contribution in [-0.2, 0) is 11.2 Å². The molecule has 1 aliphatic rings. The van der Waals surface area contributed by atoms with Crippen LogP contribution in [0.2, 0.25) is 0 Å². The molecular weight excluding hydrogens is 500 g/mol. The number of nitrogens with zero attached hydrogens (tertiary/aromatic N) is 2. The summed E-state index contributed by atoms with van der Waals surface area (Å²) in [6.07, 6.45) is 0.319. The first kappa shape index (κ1) is 23.6. The average molecular weight is 523 g/mol. The van der Waals surface area contributed by atoms with Crippen LogP contribution < -0.4 is 20.1 Å². The lowest BCUT2D eigenvalue weighted by molar-refractivity contribution is -0.118. The SMILES string of the molecule is O=C(N[C@@H](Cc1ccccc1)C(=O)Nc1nnc(-c2ccc3c(c2)OCO3)s1)c1ccc2ccccc2c1. The van der Waals surface area contributed by atoms with Crippen molar-refractivity contribution in [3.05, 3.63) is 102 Å². The van der Waals surface area contributed by atoms with Crippen LogP contribution >= 0.6 is 11.3 Å².